The van der Waals surface area contributed by atoms with Crippen molar-refractivity contribution in [2.75, 3.05) is 33.5 Å². The minimum atomic E-state index is -3.52. The molecule has 0 saturated carbocycles. The first-order valence-electron chi connectivity index (χ1n) is 9.50. The molecule has 0 aliphatic heterocycles. The Labute approximate surface area is 167 Å². The van der Waals surface area contributed by atoms with E-state index in [4.69, 9.17) is 23.0 Å². The molecule has 0 aromatic carbocycles. The van der Waals surface area contributed by atoms with Crippen LogP contribution in [0.15, 0.2) is 25.3 Å². The van der Waals surface area contributed by atoms with Crippen LogP contribution in [0.25, 0.3) is 0 Å². The summed E-state index contributed by atoms with van der Waals surface area (Å²) in [6.07, 6.45) is 8.63. The van der Waals surface area contributed by atoms with Crippen molar-refractivity contribution >= 4 is 19.8 Å². The molecule has 0 amide bonds. The molecule has 0 saturated heterocycles. The van der Waals surface area contributed by atoms with Crippen LogP contribution in [-0.2, 0) is 37.2 Å². The van der Waals surface area contributed by atoms with Gasteiger partial charge in [-0.2, -0.15) is 0 Å². The highest BCUT2D eigenvalue weighted by molar-refractivity contribution is 7.48. The molecule has 0 fully saturated rings. The van der Waals surface area contributed by atoms with Crippen LogP contribution in [0.2, 0.25) is 0 Å². The van der Waals surface area contributed by atoms with E-state index in [1.165, 1.54) is 7.11 Å². The molecule has 0 radical (unpaired) electrons. The van der Waals surface area contributed by atoms with Gasteiger partial charge in [-0.25, -0.2) is 14.2 Å². The Bertz CT molecular complexity index is 466. The largest absolute Gasteiger partial charge is 0.474 e. The molecule has 0 N–H and O–H groups in total. The quantitative estimate of drug-likeness (QED) is 0.132. The second-order valence-electron chi connectivity index (χ2n) is 5.87. The number of ether oxygens (including phenoxy) is 2. The molecule has 0 heterocycles. The van der Waals surface area contributed by atoms with Crippen molar-refractivity contribution in [3.8, 4) is 0 Å². The average molecular weight is 420 g/mol. The number of unbranched alkanes of at least 4 members (excludes halogenated alkanes) is 6. The molecule has 0 aliphatic carbocycles. The van der Waals surface area contributed by atoms with Crippen LogP contribution >= 0.6 is 7.82 Å². The molecule has 0 aromatic heterocycles. The molecule has 0 rings (SSSR count). The normalized spacial score (nSPS) is 11.0. The molecule has 162 valence electrons. The van der Waals surface area contributed by atoms with Gasteiger partial charge in [0.2, 0.25) is 0 Å². The van der Waals surface area contributed by atoms with Crippen molar-refractivity contribution in [3.63, 3.8) is 0 Å². The topological polar surface area (TPSA) is 97.4 Å². The third-order valence-corrected chi connectivity index (χ3v) is 5.07. The molecule has 8 nitrogen and oxygen atoms in total. The highest BCUT2D eigenvalue weighted by Crippen LogP contribution is 2.48. The molecule has 0 bridgehead atoms. The van der Waals surface area contributed by atoms with Gasteiger partial charge in [-0.3, -0.25) is 13.6 Å². The van der Waals surface area contributed by atoms with Crippen molar-refractivity contribution in [1.29, 1.82) is 0 Å². The first-order chi connectivity index (χ1) is 13.5. The lowest BCUT2D eigenvalue weighted by molar-refractivity contribution is -0.138. The lowest BCUT2D eigenvalue weighted by Gasteiger charge is -2.15. The van der Waals surface area contributed by atoms with E-state index in [1.54, 1.807) is 0 Å². The fraction of sp³-hybridized carbons (Fsp3) is 0.684. The van der Waals surface area contributed by atoms with Gasteiger partial charge in [-0.15, -0.1) is 0 Å². The van der Waals surface area contributed by atoms with E-state index in [-0.39, 0.29) is 13.2 Å². The third-order valence-electron chi connectivity index (χ3n) is 3.62. The Morgan fingerprint density at radius 3 is 1.39 bits per heavy atom. The van der Waals surface area contributed by atoms with Crippen LogP contribution in [-0.4, -0.2) is 45.5 Å². The van der Waals surface area contributed by atoms with E-state index in [1.807, 2.05) is 0 Å². The van der Waals surface area contributed by atoms with Crippen molar-refractivity contribution in [2.24, 2.45) is 0 Å². The lowest BCUT2D eigenvalue weighted by atomic mass is 10.2. The monoisotopic (exact) mass is 420 g/mol. The summed E-state index contributed by atoms with van der Waals surface area (Å²) < 4.78 is 37.4. The van der Waals surface area contributed by atoms with Crippen molar-refractivity contribution in [3.05, 3.63) is 25.3 Å². The van der Waals surface area contributed by atoms with Gasteiger partial charge in [-0.05, 0) is 38.5 Å². The van der Waals surface area contributed by atoms with Crippen molar-refractivity contribution < 1.29 is 37.2 Å². The van der Waals surface area contributed by atoms with Gasteiger partial charge >= 0.3 is 19.8 Å². The van der Waals surface area contributed by atoms with Crippen molar-refractivity contribution in [1.82, 2.24) is 0 Å². The van der Waals surface area contributed by atoms with Crippen LogP contribution in [0.5, 0.6) is 0 Å². The molecule has 0 aromatic rings. The summed E-state index contributed by atoms with van der Waals surface area (Å²) in [6, 6.07) is 0. The van der Waals surface area contributed by atoms with E-state index in [0.29, 0.717) is 26.1 Å². The van der Waals surface area contributed by atoms with Gasteiger partial charge in [-0.1, -0.05) is 26.0 Å². The van der Waals surface area contributed by atoms with Gasteiger partial charge in [0.05, 0.1) is 26.4 Å². The SMILES string of the molecule is C=CC(=O)OCCCCCCOP(=O)(OC)OCCCCCCOC(=O)C=C. The molecule has 28 heavy (non-hydrogen) atoms. The van der Waals surface area contributed by atoms with Crippen molar-refractivity contribution in [2.45, 2.75) is 51.4 Å². The van der Waals surface area contributed by atoms with Crippen LogP contribution in [0.4, 0.5) is 0 Å². The van der Waals surface area contributed by atoms with Gasteiger partial charge in [0.1, 0.15) is 0 Å². The zero-order valence-electron chi connectivity index (χ0n) is 16.8. The number of rotatable bonds is 19. The fourth-order valence-electron chi connectivity index (χ4n) is 2.07. The standard InChI is InChI=1S/C19H33O8P/c1-4-18(20)24-14-10-6-8-12-16-26-28(22,23-3)27-17-13-9-7-11-15-25-19(21)5-2/h4-5H,1-2,6-17H2,3H3. The maximum Gasteiger partial charge on any atom is 0.474 e. The van der Waals surface area contributed by atoms with E-state index >= 15 is 0 Å². The fourth-order valence-corrected chi connectivity index (χ4v) is 3.06. The summed E-state index contributed by atoms with van der Waals surface area (Å²) in [6.45, 7) is 7.91. The summed E-state index contributed by atoms with van der Waals surface area (Å²) in [4.78, 5) is 21.7. The Kier molecular flexibility index (Phi) is 16.7. The van der Waals surface area contributed by atoms with Gasteiger partial charge < -0.3 is 9.47 Å². The van der Waals surface area contributed by atoms with E-state index < -0.39 is 19.8 Å². The van der Waals surface area contributed by atoms with Crippen LogP contribution in [0.1, 0.15) is 51.4 Å². The number of carbonyl (C=O) groups is 2. The predicted molar refractivity (Wildman–Crippen MR) is 106 cm³/mol. The predicted octanol–water partition coefficient (Wildman–Crippen LogP) is 4.35. The smallest absolute Gasteiger partial charge is 0.463 e. The lowest BCUT2D eigenvalue weighted by Crippen LogP contribution is -2.03. The average Bonchev–Trinajstić information content (AvgIpc) is 2.71. The Hall–Kier alpha value is -1.47. The maximum atomic E-state index is 12.3. The second kappa shape index (κ2) is 17.6. The van der Waals surface area contributed by atoms with Gasteiger partial charge in [0.15, 0.2) is 0 Å². The Balaban J connectivity index is 3.63. The van der Waals surface area contributed by atoms with Gasteiger partial charge in [0.25, 0.3) is 0 Å². The summed E-state index contributed by atoms with van der Waals surface area (Å²) in [5.41, 5.74) is 0. The van der Waals surface area contributed by atoms with Gasteiger partial charge in [0, 0.05) is 19.3 Å². The first kappa shape index (κ1) is 26.5. The summed E-state index contributed by atoms with van der Waals surface area (Å²) >= 11 is 0. The summed E-state index contributed by atoms with van der Waals surface area (Å²) in [5.74, 6) is -0.838. The van der Waals surface area contributed by atoms with Crippen LogP contribution in [0, 0.1) is 0 Å². The number of esters is 2. The summed E-state index contributed by atoms with van der Waals surface area (Å²) in [7, 11) is -2.22. The molecular formula is C19H33O8P. The number of hydrogen-bond donors (Lipinski definition) is 0. The molecular weight excluding hydrogens is 387 g/mol. The van der Waals surface area contributed by atoms with E-state index in [9.17, 15) is 14.2 Å². The Morgan fingerprint density at radius 2 is 1.07 bits per heavy atom. The highest BCUT2D eigenvalue weighted by Gasteiger charge is 2.24. The molecule has 0 aliphatic rings. The number of phosphoric acid groups is 1. The van der Waals surface area contributed by atoms with E-state index in [2.05, 4.69) is 13.2 Å². The summed E-state index contributed by atoms with van der Waals surface area (Å²) in [5, 5.41) is 0. The van der Waals surface area contributed by atoms with Crippen LogP contribution < -0.4 is 0 Å². The minimum absolute atomic E-state index is 0.270. The van der Waals surface area contributed by atoms with Crippen LogP contribution in [0.3, 0.4) is 0 Å². The number of phosphoric ester groups is 1. The second-order valence-corrected chi connectivity index (χ2v) is 7.64. The third kappa shape index (κ3) is 15.6. The van der Waals surface area contributed by atoms with E-state index in [0.717, 1.165) is 50.7 Å². The molecule has 0 atom stereocenters. The molecule has 0 spiro atoms. The highest BCUT2D eigenvalue weighted by atomic mass is 31.2. The number of hydrogen-bond acceptors (Lipinski definition) is 8. The zero-order chi connectivity index (χ0) is 21.1. The maximum absolute atomic E-state index is 12.3. The molecule has 9 heteroatoms. The first-order valence-corrected chi connectivity index (χ1v) is 11.0. The molecule has 0 unspecified atom stereocenters. The minimum Gasteiger partial charge on any atom is -0.463 e. The Morgan fingerprint density at radius 1 is 0.714 bits per heavy atom. The number of carbonyl (C=O) groups excluding carboxylic acids is 2. The zero-order valence-corrected chi connectivity index (χ0v) is 17.7.